The van der Waals surface area contributed by atoms with Crippen LogP contribution in [0.2, 0.25) is 0 Å². The molecule has 0 saturated carbocycles. The molecule has 18 heavy (non-hydrogen) atoms. The molecule has 0 aromatic carbocycles. The van der Waals surface area contributed by atoms with Gasteiger partial charge in [0.05, 0.1) is 5.69 Å². The molecule has 0 saturated heterocycles. The highest BCUT2D eigenvalue weighted by atomic mass is 16.6. The van der Waals surface area contributed by atoms with E-state index in [0.29, 0.717) is 0 Å². The molecule has 0 bridgehead atoms. The van der Waals surface area contributed by atoms with Crippen molar-refractivity contribution in [1.82, 2.24) is 4.98 Å². The molecule has 0 atom stereocenters. The van der Waals surface area contributed by atoms with Crippen LogP contribution in [0.1, 0.15) is 38.1 Å². The minimum absolute atomic E-state index is 0.0719. The lowest BCUT2D eigenvalue weighted by molar-refractivity contribution is -0.114. The fourth-order valence-electron chi connectivity index (χ4n) is 1.28. The number of amides is 1. The molecule has 0 aliphatic heterocycles. The molecule has 0 spiro atoms. The second kappa shape index (κ2) is 5.03. The van der Waals surface area contributed by atoms with Crippen molar-refractivity contribution in [1.29, 1.82) is 0 Å². The Balaban J connectivity index is 3.13. The van der Waals surface area contributed by atoms with Crippen LogP contribution in [0.3, 0.4) is 0 Å². The van der Waals surface area contributed by atoms with E-state index in [1.165, 1.54) is 19.2 Å². The number of rotatable bonds is 2. The first-order chi connectivity index (χ1) is 8.20. The average Bonchev–Trinajstić information content (AvgIpc) is 2.13. The minimum atomic E-state index is -0.646. The highest BCUT2D eigenvalue weighted by Crippen LogP contribution is 2.22. The lowest BCUT2D eigenvalue weighted by Gasteiger charge is -2.20. The lowest BCUT2D eigenvalue weighted by atomic mass is 10.1. The molecular weight excluding hydrogens is 234 g/mol. The van der Waals surface area contributed by atoms with Gasteiger partial charge in [0.2, 0.25) is 5.91 Å². The molecule has 1 aromatic heterocycles. The monoisotopic (exact) mass is 251 g/mol. The third kappa shape index (κ3) is 3.73. The minimum Gasteiger partial charge on any atom is -0.456 e. The highest BCUT2D eigenvalue weighted by Gasteiger charge is 2.23. The van der Waals surface area contributed by atoms with Gasteiger partial charge < -0.3 is 15.8 Å². The Morgan fingerprint density at radius 1 is 1.39 bits per heavy atom. The number of nitrogens with zero attached hydrogens (tertiary/aromatic N) is 1. The van der Waals surface area contributed by atoms with Crippen LogP contribution < -0.4 is 11.1 Å². The van der Waals surface area contributed by atoms with Crippen molar-refractivity contribution in [2.24, 2.45) is 0 Å². The maximum atomic E-state index is 12.0. The number of esters is 1. The number of ether oxygens (including phenoxy) is 1. The lowest BCUT2D eigenvalue weighted by Crippen LogP contribution is -2.25. The number of anilines is 2. The Bertz CT molecular complexity index is 478. The van der Waals surface area contributed by atoms with Crippen LogP contribution in [0.25, 0.3) is 0 Å². The molecule has 0 unspecified atom stereocenters. The van der Waals surface area contributed by atoms with Gasteiger partial charge in [0, 0.05) is 13.1 Å². The Morgan fingerprint density at radius 3 is 2.50 bits per heavy atom. The first-order valence-electron chi connectivity index (χ1n) is 5.46. The van der Waals surface area contributed by atoms with Gasteiger partial charge in [0.1, 0.15) is 17.0 Å². The van der Waals surface area contributed by atoms with Crippen LogP contribution in [0.15, 0.2) is 12.3 Å². The van der Waals surface area contributed by atoms with Crippen molar-refractivity contribution in [2.75, 3.05) is 11.1 Å². The summed E-state index contributed by atoms with van der Waals surface area (Å²) in [5.41, 5.74) is 5.36. The number of carbonyl (C=O) groups is 2. The first-order valence-corrected chi connectivity index (χ1v) is 5.46. The molecule has 0 aliphatic rings. The first kappa shape index (κ1) is 14.0. The molecule has 98 valence electrons. The van der Waals surface area contributed by atoms with Crippen molar-refractivity contribution < 1.29 is 14.3 Å². The largest absolute Gasteiger partial charge is 0.456 e. The van der Waals surface area contributed by atoms with Crippen molar-refractivity contribution in [2.45, 2.75) is 33.3 Å². The van der Waals surface area contributed by atoms with Crippen LogP contribution >= 0.6 is 0 Å². The molecule has 6 nitrogen and oxygen atoms in total. The van der Waals surface area contributed by atoms with Crippen molar-refractivity contribution >= 4 is 23.4 Å². The van der Waals surface area contributed by atoms with E-state index in [9.17, 15) is 9.59 Å². The molecular formula is C12H17N3O3. The predicted octanol–water partition coefficient (Wildman–Crippen LogP) is 1.58. The van der Waals surface area contributed by atoms with E-state index >= 15 is 0 Å². The smallest absolute Gasteiger partial charge is 0.344 e. The van der Waals surface area contributed by atoms with Crippen molar-refractivity contribution in [3.8, 4) is 0 Å². The molecule has 1 rings (SSSR count). The Labute approximate surface area is 106 Å². The molecule has 1 amide bonds. The quantitative estimate of drug-likeness (QED) is 0.778. The van der Waals surface area contributed by atoms with Gasteiger partial charge in [0.25, 0.3) is 0 Å². The molecule has 0 aliphatic carbocycles. The predicted molar refractivity (Wildman–Crippen MR) is 68.1 cm³/mol. The van der Waals surface area contributed by atoms with E-state index < -0.39 is 11.6 Å². The standard InChI is InChI=1S/C12H17N3O3/c1-7(16)15-10-9(8(13)5-6-14-10)11(17)18-12(2,3)4/h5-6H,1-4H3,(H3,13,14,15,16). The zero-order valence-electron chi connectivity index (χ0n) is 10.9. The number of nitrogen functional groups attached to an aromatic ring is 1. The van der Waals surface area contributed by atoms with Crippen LogP contribution in [0.5, 0.6) is 0 Å². The fraction of sp³-hybridized carbons (Fsp3) is 0.417. The van der Waals surface area contributed by atoms with Gasteiger partial charge in [-0.3, -0.25) is 4.79 Å². The summed E-state index contributed by atoms with van der Waals surface area (Å²) >= 11 is 0. The SMILES string of the molecule is CC(=O)Nc1nccc(N)c1C(=O)OC(C)(C)C. The summed E-state index contributed by atoms with van der Waals surface area (Å²) in [5.74, 6) is -0.841. The number of pyridine rings is 1. The van der Waals surface area contributed by atoms with Crippen LogP contribution in [-0.2, 0) is 9.53 Å². The molecule has 0 radical (unpaired) electrons. The molecule has 3 N–H and O–H groups in total. The van der Waals surface area contributed by atoms with Gasteiger partial charge in [-0.25, -0.2) is 9.78 Å². The summed E-state index contributed by atoms with van der Waals surface area (Å²) < 4.78 is 5.22. The van der Waals surface area contributed by atoms with Gasteiger partial charge in [0.15, 0.2) is 0 Å². The number of hydrogen-bond donors (Lipinski definition) is 2. The molecule has 6 heteroatoms. The Hall–Kier alpha value is -2.11. The number of hydrogen-bond acceptors (Lipinski definition) is 5. The molecule has 0 fully saturated rings. The maximum Gasteiger partial charge on any atom is 0.344 e. The van der Waals surface area contributed by atoms with E-state index in [1.54, 1.807) is 20.8 Å². The van der Waals surface area contributed by atoms with E-state index in [1.807, 2.05) is 0 Å². The average molecular weight is 251 g/mol. The third-order valence-electron chi connectivity index (χ3n) is 1.88. The van der Waals surface area contributed by atoms with Gasteiger partial charge in [-0.05, 0) is 26.8 Å². The number of nitrogens with one attached hydrogen (secondary N) is 1. The number of aromatic nitrogens is 1. The van der Waals surface area contributed by atoms with Crippen LogP contribution in [-0.4, -0.2) is 22.5 Å². The summed E-state index contributed by atoms with van der Waals surface area (Å²) in [4.78, 5) is 26.9. The van der Waals surface area contributed by atoms with Gasteiger partial charge >= 0.3 is 5.97 Å². The summed E-state index contributed by atoms with van der Waals surface area (Å²) in [6, 6.07) is 1.48. The molecule has 1 aromatic rings. The summed E-state index contributed by atoms with van der Waals surface area (Å²) in [6.45, 7) is 6.56. The maximum absolute atomic E-state index is 12.0. The van der Waals surface area contributed by atoms with E-state index in [-0.39, 0.29) is 23.0 Å². The third-order valence-corrected chi connectivity index (χ3v) is 1.88. The van der Waals surface area contributed by atoms with Crippen LogP contribution in [0.4, 0.5) is 11.5 Å². The number of carbonyl (C=O) groups excluding carboxylic acids is 2. The molecule has 1 heterocycles. The van der Waals surface area contributed by atoms with E-state index in [2.05, 4.69) is 10.3 Å². The van der Waals surface area contributed by atoms with Gasteiger partial charge in [-0.15, -0.1) is 0 Å². The zero-order chi connectivity index (χ0) is 13.9. The number of nitrogens with two attached hydrogens (primary N) is 1. The van der Waals surface area contributed by atoms with Crippen molar-refractivity contribution in [3.63, 3.8) is 0 Å². The van der Waals surface area contributed by atoms with Crippen molar-refractivity contribution in [3.05, 3.63) is 17.8 Å². The van der Waals surface area contributed by atoms with Gasteiger partial charge in [-0.2, -0.15) is 0 Å². The topological polar surface area (TPSA) is 94.3 Å². The summed E-state index contributed by atoms with van der Waals surface area (Å²) in [7, 11) is 0. The zero-order valence-corrected chi connectivity index (χ0v) is 10.9. The summed E-state index contributed by atoms with van der Waals surface area (Å²) in [5, 5.41) is 2.45. The second-order valence-corrected chi connectivity index (χ2v) is 4.81. The highest BCUT2D eigenvalue weighted by molar-refractivity contribution is 6.03. The normalized spacial score (nSPS) is 10.9. The Kier molecular flexibility index (Phi) is 3.90. The second-order valence-electron chi connectivity index (χ2n) is 4.81. The van der Waals surface area contributed by atoms with E-state index in [0.717, 1.165) is 0 Å². The van der Waals surface area contributed by atoms with Gasteiger partial charge in [-0.1, -0.05) is 0 Å². The Morgan fingerprint density at radius 2 is 2.00 bits per heavy atom. The van der Waals surface area contributed by atoms with Crippen LogP contribution in [0, 0.1) is 0 Å². The summed E-state index contributed by atoms with van der Waals surface area (Å²) in [6.07, 6.45) is 1.41. The van der Waals surface area contributed by atoms with E-state index in [4.69, 9.17) is 10.5 Å². The fourth-order valence-corrected chi connectivity index (χ4v) is 1.28.